The number of amides is 2. The summed E-state index contributed by atoms with van der Waals surface area (Å²) in [6.45, 7) is 19.7. The van der Waals surface area contributed by atoms with E-state index in [9.17, 15) is 9.59 Å². The van der Waals surface area contributed by atoms with Crippen LogP contribution in [0.5, 0.6) is 0 Å². The lowest BCUT2D eigenvalue weighted by atomic mass is 9.91. The highest BCUT2D eigenvalue weighted by Crippen LogP contribution is 2.33. The Morgan fingerprint density at radius 2 is 1.00 bits per heavy atom. The molecule has 1 saturated heterocycles. The lowest BCUT2D eigenvalue weighted by molar-refractivity contribution is -0.171. The number of hydrogen-bond acceptors (Lipinski definition) is 5. The number of hydrogen-bond donors (Lipinski definition) is 3. The first-order valence-corrected chi connectivity index (χ1v) is 16.0. The molecule has 252 valence electrons. The van der Waals surface area contributed by atoms with Crippen LogP contribution >= 0.6 is 0 Å². The Hall–Kier alpha value is -4.10. The molecule has 2 aliphatic rings. The fourth-order valence-corrected chi connectivity index (χ4v) is 5.06. The van der Waals surface area contributed by atoms with Gasteiger partial charge in [-0.3, -0.25) is 14.8 Å². The average Bonchev–Trinajstić information content (AvgIpc) is 3.78. The maximum absolute atomic E-state index is 10.2. The van der Waals surface area contributed by atoms with E-state index in [-0.39, 0.29) is 25.3 Å². The summed E-state index contributed by atoms with van der Waals surface area (Å²) in [7, 11) is 0. The molecule has 5 N–H and O–H groups in total. The third-order valence-electron chi connectivity index (χ3n) is 7.69. The molecule has 7 heteroatoms. The number of allylic oxidation sites excluding steroid dienone is 4. The molecule has 46 heavy (non-hydrogen) atoms. The molecule has 0 atom stereocenters. The third-order valence-corrected chi connectivity index (χ3v) is 7.69. The Bertz CT molecular complexity index is 1380. The lowest BCUT2D eigenvalue weighted by Crippen LogP contribution is -2.24. The Kier molecular flexibility index (Phi) is 16.3. The molecule has 0 unspecified atom stereocenters. The molecule has 0 spiro atoms. The average molecular weight is 631 g/mol. The highest BCUT2D eigenvalue weighted by Gasteiger charge is 2.26. The number of nitrogens with zero attached hydrogens (tertiary/aromatic N) is 2. The minimum absolute atomic E-state index is 0. The quantitative estimate of drug-likeness (QED) is 0.147. The largest absolute Gasteiger partial charge is 0.398 e. The van der Waals surface area contributed by atoms with Crippen LogP contribution in [0, 0.1) is 6.92 Å². The van der Waals surface area contributed by atoms with Gasteiger partial charge in [0, 0.05) is 42.3 Å². The van der Waals surface area contributed by atoms with E-state index in [1.54, 1.807) is 0 Å². The topological polar surface area (TPSA) is 115 Å². The first-order chi connectivity index (χ1) is 21.1. The molecule has 0 radical (unpaired) electrons. The second-order valence-corrected chi connectivity index (χ2v) is 12.8. The van der Waals surface area contributed by atoms with E-state index in [2.05, 4.69) is 128 Å². The molecule has 1 aliphatic heterocycles. The van der Waals surface area contributed by atoms with Crippen molar-refractivity contribution >= 4 is 23.2 Å². The molecule has 3 aromatic rings. The summed E-state index contributed by atoms with van der Waals surface area (Å²) in [6, 6.07) is 12.9. The first-order valence-electron chi connectivity index (χ1n) is 16.0. The van der Waals surface area contributed by atoms with Gasteiger partial charge in [-0.1, -0.05) is 105 Å². The molecule has 1 aliphatic carbocycles. The zero-order valence-corrected chi connectivity index (χ0v) is 28.7. The van der Waals surface area contributed by atoms with Crippen molar-refractivity contribution < 1.29 is 14.8 Å². The van der Waals surface area contributed by atoms with Gasteiger partial charge in [0.15, 0.2) is 0 Å². The number of imide groups is 1. The molecule has 0 saturated carbocycles. The van der Waals surface area contributed by atoms with E-state index in [0.717, 1.165) is 17.8 Å². The molecular weight excluding hydrogens is 572 g/mol. The number of rotatable bonds is 5. The first kappa shape index (κ1) is 39.9. The molecule has 2 heterocycles. The van der Waals surface area contributed by atoms with Gasteiger partial charge in [0.2, 0.25) is 0 Å². The molecule has 5 rings (SSSR count). The van der Waals surface area contributed by atoms with Crippen LogP contribution in [0.2, 0.25) is 0 Å². The SMILES string of the molecule is C.C1=CCC=C1.CC(C)c1cc(-n2cccc2)cc(C(C)C)c1N.Cc1cc(C(C)C)c(N)c(C(C)C)c1.O=C1CCC(=O)N1O. The van der Waals surface area contributed by atoms with Gasteiger partial charge in [0.05, 0.1) is 0 Å². The Morgan fingerprint density at radius 1 is 0.652 bits per heavy atom. The number of benzene rings is 2. The van der Waals surface area contributed by atoms with E-state index in [4.69, 9.17) is 16.7 Å². The van der Waals surface area contributed by atoms with Gasteiger partial charge in [-0.2, -0.15) is 5.06 Å². The molecule has 7 nitrogen and oxygen atoms in total. The van der Waals surface area contributed by atoms with E-state index >= 15 is 0 Å². The molecule has 2 aromatic carbocycles. The zero-order chi connectivity index (χ0) is 33.8. The van der Waals surface area contributed by atoms with Crippen LogP contribution in [-0.2, 0) is 9.59 Å². The van der Waals surface area contributed by atoms with Crippen molar-refractivity contribution in [2.45, 2.75) is 113 Å². The van der Waals surface area contributed by atoms with Crippen molar-refractivity contribution in [2.75, 3.05) is 11.5 Å². The second kappa shape index (κ2) is 18.8. The van der Waals surface area contributed by atoms with Crippen molar-refractivity contribution in [3.63, 3.8) is 0 Å². The number of carbonyl (C=O) groups excluding carboxylic acids is 2. The fraction of sp³-hybridized carbons (Fsp3) is 0.436. The summed E-state index contributed by atoms with van der Waals surface area (Å²) >= 11 is 0. The summed E-state index contributed by atoms with van der Waals surface area (Å²) < 4.78 is 2.14. The minimum Gasteiger partial charge on any atom is -0.398 e. The Morgan fingerprint density at radius 3 is 1.26 bits per heavy atom. The normalized spacial score (nSPS) is 13.4. The number of anilines is 2. The van der Waals surface area contributed by atoms with Crippen molar-refractivity contribution in [3.8, 4) is 5.69 Å². The summed E-state index contributed by atoms with van der Waals surface area (Å²) in [5.41, 5.74) is 22.0. The molecule has 0 bridgehead atoms. The van der Waals surface area contributed by atoms with Crippen LogP contribution in [0.25, 0.3) is 5.69 Å². The maximum Gasteiger partial charge on any atom is 0.253 e. The highest BCUT2D eigenvalue weighted by atomic mass is 16.5. The van der Waals surface area contributed by atoms with Crippen LogP contribution in [0.1, 0.15) is 134 Å². The number of carbonyl (C=O) groups is 2. The Balaban J connectivity index is 0.000000333. The van der Waals surface area contributed by atoms with Crippen molar-refractivity contribution in [3.05, 3.63) is 101 Å². The predicted molar refractivity (Wildman–Crippen MR) is 195 cm³/mol. The van der Waals surface area contributed by atoms with Crippen LogP contribution in [0.3, 0.4) is 0 Å². The number of aromatic nitrogens is 1. The lowest BCUT2D eigenvalue weighted by Gasteiger charge is -2.19. The van der Waals surface area contributed by atoms with E-state index < -0.39 is 11.8 Å². The van der Waals surface area contributed by atoms with Gasteiger partial charge in [-0.15, -0.1) is 0 Å². The summed E-state index contributed by atoms with van der Waals surface area (Å²) in [5.74, 6) is 0.890. The van der Waals surface area contributed by atoms with Crippen LogP contribution in [0.15, 0.2) is 73.1 Å². The molecule has 1 aromatic heterocycles. The van der Waals surface area contributed by atoms with Crippen LogP contribution in [-0.4, -0.2) is 26.7 Å². The fourth-order valence-electron chi connectivity index (χ4n) is 5.06. The van der Waals surface area contributed by atoms with Gasteiger partial charge < -0.3 is 16.0 Å². The molecule has 1 fully saturated rings. The number of hydroxylamine groups is 2. The van der Waals surface area contributed by atoms with Gasteiger partial charge >= 0.3 is 0 Å². The van der Waals surface area contributed by atoms with Gasteiger partial charge in [-0.05, 0) is 83.5 Å². The van der Waals surface area contributed by atoms with E-state index in [0.29, 0.717) is 23.7 Å². The standard InChI is InChI=1S/C16H22N2.C13H21N.C5H6.C4H5NO3.CH4/c1-11(2)14-9-13(18-7-5-6-8-18)10-15(12(3)4)16(14)17;1-8(2)11-6-10(5)7-12(9(3)4)13(11)14;1-2-4-5-3-1;6-3-1-2-4(7)5(3)8;/h5-12H,17H2,1-4H3;6-9H,14H2,1-5H3;1-4H,5H2;8H,1-2H2;1H4. The Labute approximate surface area is 278 Å². The summed E-state index contributed by atoms with van der Waals surface area (Å²) in [4.78, 5) is 20.5. The van der Waals surface area contributed by atoms with Crippen LogP contribution < -0.4 is 11.5 Å². The smallest absolute Gasteiger partial charge is 0.253 e. The van der Waals surface area contributed by atoms with Crippen LogP contribution in [0.4, 0.5) is 11.4 Å². The van der Waals surface area contributed by atoms with E-state index in [1.807, 2.05) is 12.1 Å². The van der Waals surface area contributed by atoms with Crippen molar-refractivity contribution in [1.82, 2.24) is 9.63 Å². The third kappa shape index (κ3) is 11.4. The maximum atomic E-state index is 10.2. The second-order valence-electron chi connectivity index (χ2n) is 12.8. The van der Waals surface area contributed by atoms with Crippen molar-refractivity contribution in [2.24, 2.45) is 0 Å². The summed E-state index contributed by atoms with van der Waals surface area (Å²) in [5, 5.41) is 8.57. The van der Waals surface area contributed by atoms with Gasteiger partial charge in [-0.25, -0.2) is 0 Å². The number of aryl methyl sites for hydroxylation is 1. The van der Waals surface area contributed by atoms with E-state index in [1.165, 1.54) is 33.5 Å². The predicted octanol–water partition coefficient (Wildman–Crippen LogP) is 9.79. The summed E-state index contributed by atoms with van der Waals surface area (Å²) in [6.07, 6.45) is 13.9. The number of nitrogen functional groups attached to an aromatic ring is 2. The minimum atomic E-state index is -0.505. The van der Waals surface area contributed by atoms with Gasteiger partial charge in [0.25, 0.3) is 11.8 Å². The van der Waals surface area contributed by atoms with Gasteiger partial charge in [0.1, 0.15) is 0 Å². The molecular formula is C39H58N4O3. The van der Waals surface area contributed by atoms with Crippen molar-refractivity contribution in [1.29, 1.82) is 0 Å². The zero-order valence-electron chi connectivity index (χ0n) is 28.7. The number of nitrogens with two attached hydrogens (primary N) is 2. The molecule has 2 amide bonds. The highest BCUT2D eigenvalue weighted by molar-refractivity contribution is 6.00. The monoisotopic (exact) mass is 630 g/mol.